The van der Waals surface area contributed by atoms with Gasteiger partial charge in [-0.05, 0) is 18.2 Å². The number of rotatable bonds is 1. The van der Waals surface area contributed by atoms with E-state index in [2.05, 4.69) is 9.97 Å². The van der Waals surface area contributed by atoms with Gasteiger partial charge < -0.3 is 14.5 Å². The summed E-state index contributed by atoms with van der Waals surface area (Å²) in [5.41, 5.74) is 0.498. The van der Waals surface area contributed by atoms with Gasteiger partial charge in [0.2, 0.25) is 6.79 Å². The molecule has 0 radical (unpaired) electrons. The van der Waals surface area contributed by atoms with Crippen LogP contribution < -0.4 is 15.0 Å². The van der Waals surface area contributed by atoms with E-state index in [-0.39, 0.29) is 12.4 Å². The van der Waals surface area contributed by atoms with Crippen LogP contribution in [0.15, 0.2) is 29.3 Å². The molecule has 0 saturated heterocycles. The summed E-state index contributed by atoms with van der Waals surface area (Å²) in [7, 11) is 0. The van der Waals surface area contributed by atoms with Crippen molar-refractivity contribution in [3.05, 3.63) is 40.4 Å². The van der Waals surface area contributed by atoms with Crippen molar-refractivity contribution in [2.24, 2.45) is 0 Å². The molecule has 88 valence electrons. The second kappa shape index (κ2) is 3.89. The van der Waals surface area contributed by atoms with Gasteiger partial charge in [0.15, 0.2) is 11.5 Å². The van der Waals surface area contributed by atoms with Gasteiger partial charge in [-0.2, -0.15) is 5.26 Å². The molecule has 1 aromatic heterocycles. The molecule has 6 nitrogen and oxygen atoms in total. The van der Waals surface area contributed by atoms with Gasteiger partial charge in [0.1, 0.15) is 11.6 Å². The maximum atomic E-state index is 11.5. The first kappa shape index (κ1) is 10.4. The van der Waals surface area contributed by atoms with Crippen LogP contribution in [0.4, 0.5) is 0 Å². The molecule has 1 aromatic carbocycles. The molecule has 3 rings (SSSR count). The van der Waals surface area contributed by atoms with Crippen LogP contribution in [0.25, 0.3) is 11.3 Å². The highest BCUT2D eigenvalue weighted by atomic mass is 16.7. The fraction of sp³-hybridized carbons (Fsp3) is 0.0833. The fourth-order valence-corrected chi connectivity index (χ4v) is 1.77. The van der Waals surface area contributed by atoms with Crippen LogP contribution in [-0.4, -0.2) is 16.8 Å². The lowest BCUT2D eigenvalue weighted by Gasteiger charge is -2.03. The van der Waals surface area contributed by atoms with Crippen LogP contribution in [0, 0.1) is 11.3 Å². The largest absolute Gasteiger partial charge is 0.454 e. The number of nitriles is 1. The predicted octanol–water partition coefficient (Wildman–Crippen LogP) is 1.04. The number of aromatic amines is 1. The molecule has 0 fully saturated rings. The highest BCUT2D eigenvalue weighted by molar-refractivity contribution is 5.69. The van der Waals surface area contributed by atoms with Gasteiger partial charge in [0.05, 0.1) is 12.0 Å². The average Bonchev–Trinajstić information content (AvgIpc) is 2.85. The van der Waals surface area contributed by atoms with Gasteiger partial charge >= 0.3 is 0 Å². The quantitative estimate of drug-likeness (QED) is 0.805. The fourth-order valence-electron chi connectivity index (χ4n) is 1.77. The second-order valence-electron chi connectivity index (χ2n) is 3.64. The molecule has 6 heteroatoms. The van der Waals surface area contributed by atoms with E-state index in [9.17, 15) is 4.79 Å². The summed E-state index contributed by atoms with van der Waals surface area (Å²) in [6, 6.07) is 7.01. The molecular formula is C12H7N3O3. The Bertz CT molecular complexity index is 715. The third-order valence-electron chi connectivity index (χ3n) is 2.61. The van der Waals surface area contributed by atoms with Gasteiger partial charge in [0, 0.05) is 5.56 Å². The Morgan fingerprint density at radius 1 is 1.33 bits per heavy atom. The summed E-state index contributed by atoms with van der Waals surface area (Å²) in [5, 5.41) is 8.99. The highest BCUT2D eigenvalue weighted by Crippen LogP contribution is 2.35. The molecule has 0 spiro atoms. The Hall–Kier alpha value is -2.81. The van der Waals surface area contributed by atoms with Crippen LogP contribution in [0.2, 0.25) is 0 Å². The summed E-state index contributed by atoms with van der Waals surface area (Å²) in [6.07, 6.45) is 1.27. The topological polar surface area (TPSA) is 88.0 Å². The van der Waals surface area contributed by atoms with E-state index in [1.54, 1.807) is 18.2 Å². The predicted molar refractivity (Wildman–Crippen MR) is 61.1 cm³/mol. The highest BCUT2D eigenvalue weighted by Gasteiger charge is 2.16. The van der Waals surface area contributed by atoms with E-state index in [1.165, 1.54) is 6.33 Å². The van der Waals surface area contributed by atoms with Gasteiger partial charge in [-0.25, -0.2) is 4.98 Å². The lowest BCUT2D eigenvalue weighted by molar-refractivity contribution is 0.174. The van der Waals surface area contributed by atoms with Gasteiger partial charge in [-0.15, -0.1) is 0 Å². The molecule has 2 aromatic rings. The first-order valence-corrected chi connectivity index (χ1v) is 5.17. The maximum Gasteiger partial charge on any atom is 0.269 e. The number of fused-ring (bicyclic) bond motifs is 1. The molecule has 0 saturated carbocycles. The van der Waals surface area contributed by atoms with Crippen molar-refractivity contribution in [1.82, 2.24) is 9.97 Å². The molecule has 2 heterocycles. The first-order chi connectivity index (χ1) is 8.79. The number of nitrogens with zero attached hydrogens (tertiary/aromatic N) is 2. The molecule has 0 aliphatic carbocycles. The summed E-state index contributed by atoms with van der Waals surface area (Å²) in [5.74, 6) is 1.22. The van der Waals surface area contributed by atoms with Crippen molar-refractivity contribution in [3.63, 3.8) is 0 Å². The van der Waals surface area contributed by atoms with Crippen molar-refractivity contribution in [2.75, 3.05) is 6.79 Å². The Morgan fingerprint density at radius 3 is 3.00 bits per heavy atom. The summed E-state index contributed by atoms with van der Waals surface area (Å²) < 4.78 is 10.4. The number of H-pyrrole nitrogens is 1. The third kappa shape index (κ3) is 1.50. The molecule has 0 unspecified atom stereocenters. The third-order valence-corrected chi connectivity index (χ3v) is 2.61. The Labute approximate surface area is 101 Å². The number of aromatic nitrogens is 2. The van der Waals surface area contributed by atoms with Crippen LogP contribution >= 0.6 is 0 Å². The van der Waals surface area contributed by atoms with Crippen LogP contribution in [0.5, 0.6) is 11.5 Å². The minimum atomic E-state index is -0.458. The summed E-state index contributed by atoms with van der Waals surface area (Å²) in [6.45, 7) is 0.173. The molecule has 1 aliphatic heterocycles. The van der Waals surface area contributed by atoms with E-state index < -0.39 is 5.56 Å². The summed E-state index contributed by atoms with van der Waals surface area (Å²) >= 11 is 0. The lowest BCUT2D eigenvalue weighted by atomic mass is 10.1. The molecule has 1 aliphatic rings. The molecule has 1 N–H and O–H groups in total. The Morgan fingerprint density at radius 2 is 2.17 bits per heavy atom. The van der Waals surface area contributed by atoms with E-state index in [1.807, 2.05) is 6.07 Å². The van der Waals surface area contributed by atoms with E-state index in [4.69, 9.17) is 14.7 Å². The smallest absolute Gasteiger partial charge is 0.269 e. The molecule has 18 heavy (non-hydrogen) atoms. The van der Waals surface area contributed by atoms with E-state index in [0.717, 1.165) is 0 Å². The SMILES string of the molecule is N#Cc1c(-c2ccc3c(c2)OCO3)nc[nH]c1=O. The van der Waals surface area contributed by atoms with Crippen molar-refractivity contribution in [3.8, 4) is 28.8 Å². The Balaban J connectivity index is 2.19. The van der Waals surface area contributed by atoms with E-state index in [0.29, 0.717) is 22.8 Å². The minimum Gasteiger partial charge on any atom is -0.454 e. The normalized spacial score (nSPS) is 12.2. The van der Waals surface area contributed by atoms with Gasteiger partial charge in [-0.1, -0.05) is 0 Å². The van der Waals surface area contributed by atoms with Crippen molar-refractivity contribution >= 4 is 0 Å². The number of hydrogen-bond acceptors (Lipinski definition) is 5. The zero-order valence-corrected chi connectivity index (χ0v) is 9.14. The van der Waals surface area contributed by atoms with Crippen LogP contribution in [-0.2, 0) is 0 Å². The maximum absolute atomic E-state index is 11.5. The first-order valence-electron chi connectivity index (χ1n) is 5.17. The number of hydrogen-bond donors (Lipinski definition) is 1. The summed E-state index contributed by atoms with van der Waals surface area (Å²) in [4.78, 5) is 17.9. The monoisotopic (exact) mass is 241 g/mol. The van der Waals surface area contributed by atoms with E-state index >= 15 is 0 Å². The molecule has 0 bridgehead atoms. The van der Waals surface area contributed by atoms with Crippen LogP contribution in [0.3, 0.4) is 0 Å². The molecule has 0 atom stereocenters. The van der Waals surface area contributed by atoms with Crippen molar-refractivity contribution < 1.29 is 9.47 Å². The number of ether oxygens (including phenoxy) is 2. The van der Waals surface area contributed by atoms with Gasteiger partial charge in [0.25, 0.3) is 5.56 Å². The molecule has 0 amide bonds. The Kier molecular flexibility index (Phi) is 2.24. The van der Waals surface area contributed by atoms with Gasteiger partial charge in [-0.3, -0.25) is 4.79 Å². The standard InChI is InChI=1S/C12H7N3O3/c13-4-8-11(14-5-15-12(8)16)7-1-2-9-10(3-7)18-6-17-9/h1-3,5H,6H2,(H,14,15,16). The zero-order valence-electron chi connectivity index (χ0n) is 9.14. The average molecular weight is 241 g/mol. The number of benzene rings is 1. The minimum absolute atomic E-state index is 0.0173. The second-order valence-corrected chi connectivity index (χ2v) is 3.64. The molecular weight excluding hydrogens is 234 g/mol. The zero-order chi connectivity index (χ0) is 12.5. The van der Waals surface area contributed by atoms with Crippen molar-refractivity contribution in [1.29, 1.82) is 5.26 Å². The lowest BCUT2D eigenvalue weighted by Crippen LogP contribution is -2.12. The van der Waals surface area contributed by atoms with Crippen molar-refractivity contribution in [2.45, 2.75) is 0 Å². The van der Waals surface area contributed by atoms with Crippen LogP contribution in [0.1, 0.15) is 5.56 Å². The number of nitrogens with one attached hydrogen (secondary N) is 1.